The summed E-state index contributed by atoms with van der Waals surface area (Å²) in [7, 11) is 0. The van der Waals surface area contributed by atoms with Crippen LogP contribution in [0.3, 0.4) is 0 Å². The van der Waals surface area contributed by atoms with Crippen molar-refractivity contribution < 1.29 is 5.11 Å². The molecule has 0 atom stereocenters. The summed E-state index contributed by atoms with van der Waals surface area (Å²) in [6.45, 7) is 7.07. The molecule has 0 radical (unpaired) electrons. The van der Waals surface area contributed by atoms with Crippen molar-refractivity contribution in [3.63, 3.8) is 0 Å². The van der Waals surface area contributed by atoms with E-state index in [4.69, 9.17) is 0 Å². The molecule has 1 saturated heterocycles. The molecule has 3 rings (SSSR count). The highest BCUT2D eigenvalue weighted by Crippen LogP contribution is 2.23. The minimum absolute atomic E-state index is 0.308. The van der Waals surface area contributed by atoms with Crippen molar-refractivity contribution in [1.82, 2.24) is 9.97 Å². The summed E-state index contributed by atoms with van der Waals surface area (Å²) in [6, 6.07) is 8.31. The summed E-state index contributed by atoms with van der Waals surface area (Å²) >= 11 is 0. The number of aryl methyl sites for hydroxylation is 2. The predicted molar refractivity (Wildman–Crippen MR) is 97.3 cm³/mol. The van der Waals surface area contributed by atoms with Gasteiger partial charge in [0.15, 0.2) is 0 Å². The second-order valence-corrected chi connectivity index (χ2v) is 6.57. The highest BCUT2D eigenvalue weighted by Gasteiger charge is 2.18. The highest BCUT2D eigenvalue weighted by atomic mass is 16.3. The van der Waals surface area contributed by atoms with Crippen molar-refractivity contribution in [1.29, 1.82) is 0 Å². The van der Waals surface area contributed by atoms with E-state index in [0.29, 0.717) is 12.5 Å². The number of piperidine rings is 1. The first kappa shape index (κ1) is 16.7. The van der Waals surface area contributed by atoms with E-state index in [-0.39, 0.29) is 0 Å². The van der Waals surface area contributed by atoms with Gasteiger partial charge in [-0.1, -0.05) is 6.07 Å². The average Bonchev–Trinajstić information content (AvgIpc) is 2.62. The van der Waals surface area contributed by atoms with Gasteiger partial charge in [-0.25, -0.2) is 4.98 Å². The van der Waals surface area contributed by atoms with E-state index in [2.05, 4.69) is 32.3 Å². The molecule has 5 heteroatoms. The summed E-state index contributed by atoms with van der Waals surface area (Å²) in [5.41, 5.74) is 4.46. The van der Waals surface area contributed by atoms with E-state index >= 15 is 0 Å². The lowest BCUT2D eigenvalue weighted by atomic mass is 9.98. The first-order valence-corrected chi connectivity index (χ1v) is 8.64. The average molecular weight is 326 g/mol. The summed E-state index contributed by atoms with van der Waals surface area (Å²) in [6.07, 6.45) is 4.04. The Morgan fingerprint density at radius 2 is 1.96 bits per heavy atom. The largest absolute Gasteiger partial charge is 0.396 e. The molecule has 0 aromatic carbocycles. The van der Waals surface area contributed by atoms with E-state index in [1.807, 2.05) is 32.2 Å². The Kier molecular flexibility index (Phi) is 5.30. The van der Waals surface area contributed by atoms with Crippen LogP contribution in [0.1, 0.15) is 29.8 Å². The van der Waals surface area contributed by atoms with Crippen LogP contribution in [0, 0.1) is 19.8 Å². The quantitative estimate of drug-likeness (QED) is 0.884. The second-order valence-electron chi connectivity index (χ2n) is 6.57. The number of aromatic nitrogens is 2. The van der Waals surface area contributed by atoms with Gasteiger partial charge in [-0.3, -0.25) is 4.98 Å². The zero-order valence-corrected chi connectivity index (χ0v) is 14.5. The van der Waals surface area contributed by atoms with Gasteiger partial charge in [0, 0.05) is 37.6 Å². The standard InChI is InChI=1S/C19H26N4O/c1-14-3-4-17(15(2)22-14)11-20-19-6-5-18(12-21-19)23-9-7-16(13-24)8-10-23/h3-6,12,16,24H,7-11,13H2,1-2H3,(H,20,21). The SMILES string of the molecule is Cc1ccc(CNc2ccc(N3CCC(CO)CC3)cn2)c(C)n1. The second kappa shape index (κ2) is 7.62. The minimum atomic E-state index is 0.308. The number of hydrogen-bond acceptors (Lipinski definition) is 5. The van der Waals surface area contributed by atoms with Crippen LogP contribution < -0.4 is 10.2 Å². The summed E-state index contributed by atoms with van der Waals surface area (Å²) in [5.74, 6) is 1.34. The first-order valence-electron chi connectivity index (χ1n) is 8.64. The van der Waals surface area contributed by atoms with E-state index < -0.39 is 0 Å². The van der Waals surface area contributed by atoms with Crippen LogP contribution in [0.4, 0.5) is 11.5 Å². The van der Waals surface area contributed by atoms with Gasteiger partial charge < -0.3 is 15.3 Å². The molecular weight excluding hydrogens is 300 g/mol. The Morgan fingerprint density at radius 3 is 2.58 bits per heavy atom. The summed E-state index contributed by atoms with van der Waals surface area (Å²) in [4.78, 5) is 11.4. The monoisotopic (exact) mass is 326 g/mol. The zero-order valence-electron chi connectivity index (χ0n) is 14.5. The van der Waals surface area contributed by atoms with Gasteiger partial charge in [-0.15, -0.1) is 0 Å². The topological polar surface area (TPSA) is 61.3 Å². The molecule has 1 fully saturated rings. The number of hydrogen-bond donors (Lipinski definition) is 2. The fraction of sp³-hybridized carbons (Fsp3) is 0.474. The molecule has 5 nitrogen and oxygen atoms in total. The maximum absolute atomic E-state index is 9.23. The number of nitrogens with zero attached hydrogens (tertiary/aromatic N) is 3. The molecule has 0 amide bonds. The Morgan fingerprint density at radius 1 is 1.17 bits per heavy atom. The van der Waals surface area contributed by atoms with Gasteiger partial charge in [0.05, 0.1) is 11.9 Å². The van der Waals surface area contributed by atoms with Crippen molar-refractivity contribution in [2.45, 2.75) is 33.2 Å². The Hall–Kier alpha value is -2.14. The molecule has 0 aliphatic carbocycles. The van der Waals surface area contributed by atoms with Gasteiger partial charge >= 0.3 is 0 Å². The van der Waals surface area contributed by atoms with Crippen molar-refractivity contribution in [3.8, 4) is 0 Å². The predicted octanol–water partition coefficient (Wildman–Crippen LogP) is 2.91. The summed E-state index contributed by atoms with van der Waals surface area (Å²) in [5, 5.41) is 12.6. The molecule has 0 bridgehead atoms. The Balaban J connectivity index is 1.57. The Bertz CT molecular complexity index is 664. The lowest BCUT2D eigenvalue weighted by Crippen LogP contribution is -2.34. The molecule has 2 N–H and O–H groups in total. The number of aliphatic hydroxyl groups is 1. The normalized spacial score (nSPS) is 15.5. The van der Waals surface area contributed by atoms with E-state index in [1.54, 1.807) is 0 Å². The molecule has 128 valence electrons. The molecule has 0 spiro atoms. The van der Waals surface area contributed by atoms with Crippen LogP contribution in [0.15, 0.2) is 30.5 Å². The molecule has 0 unspecified atom stereocenters. The number of aliphatic hydroxyl groups excluding tert-OH is 1. The zero-order chi connectivity index (χ0) is 16.9. The summed E-state index contributed by atoms with van der Waals surface area (Å²) < 4.78 is 0. The number of anilines is 2. The van der Waals surface area contributed by atoms with Gasteiger partial charge in [-0.2, -0.15) is 0 Å². The number of nitrogens with one attached hydrogen (secondary N) is 1. The van der Waals surface area contributed by atoms with E-state index in [9.17, 15) is 5.11 Å². The van der Waals surface area contributed by atoms with Crippen LogP contribution in [0.5, 0.6) is 0 Å². The molecule has 2 aromatic rings. The molecule has 3 heterocycles. The highest BCUT2D eigenvalue weighted by molar-refractivity contribution is 5.50. The van der Waals surface area contributed by atoms with E-state index in [1.165, 1.54) is 5.56 Å². The first-order chi connectivity index (χ1) is 11.7. The van der Waals surface area contributed by atoms with E-state index in [0.717, 1.165) is 55.4 Å². The molecule has 0 saturated carbocycles. The van der Waals surface area contributed by atoms with Crippen LogP contribution in [0.2, 0.25) is 0 Å². The van der Waals surface area contributed by atoms with Crippen LogP contribution in [0.25, 0.3) is 0 Å². The van der Waals surface area contributed by atoms with Gasteiger partial charge in [0.2, 0.25) is 0 Å². The van der Waals surface area contributed by atoms with Crippen LogP contribution in [-0.4, -0.2) is 34.8 Å². The molecule has 1 aliphatic rings. The van der Waals surface area contributed by atoms with Crippen molar-refractivity contribution in [2.75, 3.05) is 29.9 Å². The number of rotatable bonds is 5. The van der Waals surface area contributed by atoms with Crippen molar-refractivity contribution >= 4 is 11.5 Å². The third kappa shape index (κ3) is 4.03. The molecule has 24 heavy (non-hydrogen) atoms. The lowest BCUT2D eigenvalue weighted by molar-refractivity contribution is 0.203. The Labute approximate surface area is 143 Å². The third-order valence-corrected chi connectivity index (χ3v) is 4.78. The molecule has 2 aromatic heterocycles. The lowest BCUT2D eigenvalue weighted by Gasteiger charge is -2.32. The van der Waals surface area contributed by atoms with Gasteiger partial charge in [0.1, 0.15) is 5.82 Å². The van der Waals surface area contributed by atoms with Crippen molar-refractivity contribution in [3.05, 3.63) is 47.4 Å². The molecule has 1 aliphatic heterocycles. The fourth-order valence-corrected chi connectivity index (χ4v) is 3.14. The minimum Gasteiger partial charge on any atom is -0.396 e. The smallest absolute Gasteiger partial charge is 0.126 e. The molecular formula is C19H26N4O. The number of pyridine rings is 2. The maximum atomic E-state index is 9.23. The van der Waals surface area contributed by atoms with Crippen LogP contribution >= 0.6 is 0 Å². The fourth-order valence-electron chi connectivity index (χ4n) is 3.14. The van der Waals surface area contributed by atoms with Gasteiger partial charge in [-0.05, 0) is 56.4 Å². The maximum Gasteiger partial charge on any atom is 0.126 e. The third-order valence-electron chi connectivity index (χ3n) is 4.78. The van der Waals surface area contributed by atoms with Crippen LogP contribution in [-0.2, 0) is 6.54 Å². The van der Waals surface area contributed by atoms with Gasteiger partial charge in [0.25, 0.3) is 0 Å². The van der Waals surface area contributed by atoms with Crippen molar-refractivity contribution in [2.24, 2.45) is 5.92 Å².